The minimum absolute atomic E-state index is 0.810. The lowest BCUT2D eigenvalue weighted by Gasteiger charge is -1.84. The number of alkyl halides is 1. The van der Waals surface area contributed by atoms with Gasteiger partial charge in [-0.25, -0.2) is 8.78 Å². The average Bonchev–Trinajstić information content (AvgIpc) is 1.65. The van der Waals surface area contributed by atoms with Gasteiger partial charge in [-0.3, -0.25) is 0 Å². The summed E-state index contributed by atoms with van der Waals surface area (Å²) in [4.78, 5) is 0. The first kappa shape index (κ1) is 5.60. The van der Waals surface area contributed by atoms with Crippen LogP contribution >= 0.6 is 0 Å². The summed E-state index contributed by atoms with van der Waals surface area (Å²) in [5, 5.41) is 0. The highest BCUT2D eigenvalue weighted by molar-refractivity contribution is 4.95. The Morgan fingerprint density at radius 2 is 2.33 bits per heavy atom. The van der Waals surface area contributed by atoms with E-state index in [1.807, 2.05) is 0 Å². The lowest BCUT2D eigenvalue weighted by Crippen LogP contribution is -1.81. The van der Waals surface area contributed by atoms with E-state index < -0.39 is 12.8 Å². The second kappa shape index (κ2) is 2.82. The second-order valence-electron chi connectivity index (χ2n) is 0.785. The number of halogens is 2. The quantitative estimate of drug-likeness (QED) is 0.484. The maximum Gasteiger partial charge on any atom is 0.196 e. The average molecular weight is 91.1 g/mol. The van der Waals surface area contributed by atoms with Gasteiger partial charge in [0, 0.05) is 0 Å². The highest BCUT2D eigenvalue weighted by atomic mass is 19.2. The van der Waals surface area contributed by atoms with Gasteiger partial charge in [-0.05, 0) is 6.08 Å². The van der Waals surface area contributed by atoms with Crippen LogP contribution in [0, 0.1) is 6.17 Å². The van der Waals surface area contributed by atoms with E-state index in [1.54, 1.807) is 0 Å². The van der Waals surface area contributed by atoms with E-state index in [9.17, 15) is 8.78 Å². The van der Waals surface area contributed by atoms with Gasteiger partial charge in [0.05, 0.1) is 0 Å². The minimum Gasteiger partial charge on any atom is -0.247 e. The molecule has 0 spiro atoms. The van der Waals surface area contributed by atoms with E-state index in [4.69, 9.17) is 0 Å². The van der Waals surface area contributed by atoms with Crippen molar-refractivity contribution < 1.29 is 8.78 Å². The van der Waals surface area contributed by atoms with Crippen LogP contribution in [0.1, 0.15) is 0 Å². The smallest absolute Gasteiger partial charge is 0.196 e. The van der Waals surface area contributed by atoms with Crippen molar-refractivity contribution in [1.82, 2.24) is 0 Å². The lowest BCUT2D eigenvalue weighted by atomic mass is 10.4. The minimum atomic E-state index is -1.04. The summed E-state index contributed by atoms with van der Waals surface area (Å²) in [6.07, 6.45) is 0.0370. The summed E-state index contributed by atoms with van der Waals surface area (Å²) in [7, 11) is 0. The van der Waals surface area contributed by atoms with Crippen LogP contribution in [0.4, 0.5) is 8.78 Å². The molecule has 0 aliphatic carbocycles. The van der Waals surface area contributed by atoms with E-state index >= 15 is 0 Å². The van der Waals surface area contributed by atoms with Gasteiger partial charge in [-0.15, -0.1) is 0 Å². The van der Waals surface area contributed by atoms with Crippen LogP contribution in [0.2, 0.25) is 0 Å². The number of hydrogen-bond donors (Lipinski definition) is 0. The van der Waals surface area contributed by atoms with Gasteiger partial charge in [0.25, 0.3) is 0 Å². The van der Waals surface area contributed by atoms with Gasteiger partial charge >= 0.3 is 0 Å². The number of hydrogen-bond acceptors (Lipinski definition) is 0. The Morgan fingerprint density at radius 3 is 2.33 bits per heavy atom. The fraction of sp³-hybridized carbons (Fsp3) is 0.250. The Kier molecular flexibility index (Phi) is 2.63. The molecule has 0 nitrogen and oxygen atoms in total. The molecule has 0 atom stereocenters. The third-order valence-corrected chi connectivity index (χ3v) is 0.349. The number of allylic oxidation sites excluding steroid dienone is 1. The van der Waals surface area contributed by atoms with Crippen molar-refractivity contribution in [2.24, 2.45) is 0 Å². The van der Waals surface area contributed by atoms with Gasteiger partial charge in [0.15, 0.2) is 6.17 Å². The summed E-state index contributed by atoms with van der Waals surface area (Å²) < 4.78 is 22.2. The fourth-order valence-corrected chi connectivity index (χ4v) is 0.0546. The maximum atomic E-state index is 11.3. The predicted octanol–water partition coefficient (Wildman–Crippen LogP) is 1.64. The van der Waals surface area contributed by atoms with Gasteiger partial charge in [-0.2, -0.15) is 0 Å². The molecule has 0 unspecified atom stereocenters. The summed E-state index contributed by atoms with van der Waals surface area (Å²) in [6, 6.07) is 0. The first-order chi connectivity index (χ1) is 2.81. The predicted molar refractivity (Wildman–Crippen MR) is 20.5 cm³/mol. The molecule has 0 amide bonds. The Balaban J connectivity index is 2.96. The molecule has 0 aromatic heterocycles. The third-order valence-electron chi connectivity index (χ3n) is 0.349. The van der Waals surface area contributed by atoms with Crippen LogP contribution < -0.4 is 0 Å². The molecule has 0 saturated carbocycles. The molecule has 6 heavy (non-hydrogen) atoms. The van der Waals surface area contributed by atoms with Crippen LogP contribution in [-0.2, 0) is 0 Å². The molecule has 2 heteroatoms. The highest BCUT2D eigenvalue weighted by Crippen LogP contribution is 2.00. The molecular weight excluding hydrogens is 86.0 g/mol. The van der Waals surface area contributed by atoms with Crippen molar-refractivity contribution in [3.05, 3.63) is 18.8 Å². The Bertz CT molecular complexity index is 42.8. The van der Waals surface area contributed by atoms with Gasteiger partial charge < -0.3 is 0 Å². The van der Waals surface area contributed by atoms with Gasteiger partial charge in [0.2, 0.25) is 0 Å². The molecule has 0 saturated heterocycles. The molecule has 0 aromatic rings. The van der Waals surface area contributed by atoms with E-state index in [0.717, 1.165) is 6.08 Å². The van der Waals surface area contributed by atoms with Crippen molar-refractivity contribution in [1.29, 1.82) is 0 Å². The summed E-state index contributed by atoms with van der Waals surface area (Å²) in [6.45, 7) is 1.94. The van der Waals surface area contributed by atoms with E-state index in [2.05, 4.69) is 6.58 Å². The monoisotopic (exact) mass is 91.0 g/mol. The van der Waals surface area contributed by atoms with Crippen molar-refractivity contribution in [2.45, 2.75) is 0 Å². The maximum absolute atomic E-state index is 11.3. The van der Waals surface area contributed by atoms with Crippen LogP contribution in [-0.4, -0.2) is 6.67 Å². The van der Waals surface area contributed by atoms with E-state index in [0.29, 0.717) is 0 Å². The van der Waals surface area contributed by atoms with Crippen LogP contribution in [0.5, 0.6) is 0 Å². The molecule has 0 heterocycles. The molecule has 1 radical (unpaired) electrons. The van der Waals surface area contributed by atoms with Gasteiger partial charge in [-0.1, -0.05) is 6.58 Å². The zero-order chi connectivity index (χ0) is 4.99. The van der Waals surface area contributed by atoms with E-state index in [-0.39, 0.29) is 0 Å². The van der Waals surface area contributed by atoms with Crippen LogP contribution in [0.15, 0.2) is 12.7 Å². The molecule has 0 bridgehead atoms. The normalized spacial score (nSPS) is 9.17. The molecular formula is C4H5F2. The largest absolute Gasteiger partial charge is 0.247 e. The summed E-state index contributed by atoms with van der Waals surface area (Å²) >= 11 is 0. The van der Waals surface area contributed by atoms with E-state index in [1.165, 1.54) is 0 Å². The Labute approximate surface area is 35.5 Å². The van der Waals surface area contributed by atoms with Crippen molar-refractivity contribution >= 4 is 0 Å². The lowest BCUT2D eigenvalue weighted by molar-refractivity contribution is 0.405. The van der Waals surface area contributed by atoms with Crippen molar-refractivity contribution in [2.75, 3.05) is 6.67 Å². The standard InChI is InChI=1S/C4H5F2/c1-2-4(6)3-5/h2H,1,3H2. The third kappa shape index (κ3) is 1.88. The molecule has 0 rings (SSSR count). The first-order valence-electron chi connectivity index (χ1n) is 1.51. The summed E-state index contributed by atoms with van der Waals surface area (Å²) in [5.41, 5.74) is 0. The zero-order valence-electron chi connectivity index (χ0n) is 3.25. The molecule has 0 aliphatic rings. The first-order valence-corrected chi connectivity index (χ1v) is 1.51. The van der Waals surface area contributed by atoms with Crippen molar-refractivity contribution in [3.63, 3.8) is 0 Å². The number of rotatable bonds is 2. The van der Waals surface area contributed by atoms with Gasteiger partial charge in [0.1, 0.15) is 6.67 Å². The molecule has 0 aromatic carbocycles. The molecule has 35 valence electrons. The van der Waals surface area contributed by atoms with Crippen LogP contribution in [0.25, 0.3) is 0 Å². The Hall–Kier alpha value is -0.400. The summed E-state index contributed by atoms with van der Waals surface area (Å²) in [5.74, 6) is 0. The topological polar surface area (TPSA) is 0 Å². The van der Waals surface area contributed by atoms with Crippen LogP contribution in [0.3, 0.4) is 0 Å². The SMILES string of the molecule is C=C[C](F)CF. The highest BCUT2D eigenvalue weighted by Gasteiger charge is 1.96. The van der Waals surface area contributed by atoms with Crippen molar-refractivity contribution in [3.8, 4) is 0 Å². The second-order valence-corrected chi connectivity index (χ2v) is 0.785. The molecule has 0 fully saturated rings. The molecule has 0 N–H and O–H groups in total. The zero-order valence-corrected chi connectivity index (χ0v) is 3.25. The Morgan fingerprint density at radius 1 is 1.83 bits per heavy atom. The molecule has 0 aliphatic heterocycles. The fourth-order valence-electron chi connectivity index (χ4n) is 0.0546.